The van der Waals surface area contributed by atoms with Gasteiger partial charge in [-0.3, -0.25) is 4.90 Å². The zero-order valence-electron chi connectivity index (χ0n) is 9.62. The number of halogens is 1. The highest BCUT2D eigenvalue weighted by atomic mass is 79.9. The Morgan fingerprint density at radius 2 is 2.20 bits per heavy atom. The van der Waals surface area contributed by atoms with Gasteiger partial charge < -0.3 is 4.57 Å². The summed E-state index contributed by atoms with van der Waals surface area (Å²) in [5.41, 5.74) is 0. The second kappa shape index (κ2) is 7.01. The zero-order valence-corrected chi connectivity index (χ0v) is 11.2. The quantitative estimate of drug-likeness (QED) is 0.562. The van der Waals surface area contributed by atoms with Crippen LogP contribution < -0.4 is 0 Å². The molecule has 0 aliphatic rings. The zero-order chi connectivity index (χ0) is 11.1. The lowest BCUT2D eigenvalue weighted by Gasteiger charge is -2.15. The largest absolute Gasteiger partial charge is 0.337 e. The standard InChI is InChI=1S/C11H20BrN3/c1-14(8-5-3-4-6-12)10-11-13-7-9-15(11)2/h7,9H,3-6,8,10H2,1-2H3. The summed E-state index contributed by atoms with van der Waals surface area (Å²) >= 11 is 3.45. The maximum atomic E-state index is 4.31. The summed E-state index contributed by atoms with van der Waals surface area (Å²) in [5, 5.41) is 1.12. The predicted octanol–water partition coefficient (Wildman–Crippen LogP) is 2.42. The molecule has 0 radical (unpaired) electrons. The van der Waals surface area contributed by atoms with E-state index in [2.05, 4.69) is 37.4 Å². The van der Waals surface area contributed by atoms with Crippen LogP contribution in [0.25, 0.3) is 0 Å². The van der Waals surface area contributed by atoms with Crippen LogP contribution in [0.5, 0.6) is 0 Å². The molecular weight excluding hydrogens is 254 g/mol. The Morgan fingerprint density at radius 3 is 2.80 bits per heavy atom. The van der Waals surface area contributed by atoms with Crippen LogP contribution in [0, 0.1) is 0 Å². The van der Waals surface area contributed by atoms with Crippen molar-refractivity contribution in [2.75, 3.05) is 18.9 Å². The topological polar surface area (TPSA) is 21.1 Å². The van der Waals surface area contributed by atoms with E-state index in [0.29, 0.717) is 0 Å². The van der Waals surface area contributed by atoms with Gasteiger partial charge in [0.1, 0.15) is 5.82 Å². The lowest BCUT2D eigenvalue weighted by Crippen LogP contribution is -2.21. The first-order valence-electron chi connectivity index (χ1n) is 5.44. The molecule has 0 atom stereocenters. The van der Waals surface area contributed by atoms with Gasteiger partial charge in [-0.15, -0.1) is 0 Å². The molecule has 0 fully saturated rings. The third kappa shape index (κ3) is 4.80. The van der Waals surface area contributed by atoms with Crippen molar-refractivity contribution in [3.05, 3.63) is 18.2 Å². The summed E-state index contributed by atoms with van der Waals surface area (Å²) in [6, 6.07) is 0. The van der Waals surface area contributed by atoms with Crippen LogP contribution in [0.15, 0.2) is 12.4 Å². The number of hydrogen-bond acceptors (Lipinski definition) is 2. The smallest absolute Gasteiger partial charge is 0.122 e. The monoisotopic (exact) mass is 273 g/mol. The van der Waals surface area contributed by atoms with Crippen molar-refractivity contribution < 1.29 is 0 Å². The molecule has 15 heavy (non-hydrogen) atoms. The number of rotatable bonds is 7. The second-order valence-corrected chi connectivity index (χ2v) is 4.73. The van der Waals surface area contributed by atoms with Crippen LogP contribution >= 0.6 is 15.9 Å². The maximum absolute atomic E-state index is 4.31. The van der Waals surface area contributed by atoms with E-state index < -0.39 is 0 Å². The van der Waals surface area contributed by atoms with Crippen LogP contribution in [0.2, 0.25) is 0 Å². The van der Waals surface area contributed by atoms with Gasteiger partial charge >= 0.3 is 0 Å². The molecule has 86 valence electrons. The van der Waals surface area contributed by atoms with Gasteiger partial charge in [0, 0.05) is 24.8 Å². The molecule has 0 bridgehead atoms. The van der Waals surface area contributed by atoms with Gasteiger partial charge in [0.25, 0.3) is 0 Å². The molecule has 0 aromatic carbocycles. The average Bonchev–Trinajstić information content (AvgIpc) is 2.59. The molecule has 0 saturated carbocycles. The van der Waals surface area contributed by atoms with Crippen molar-refractivity contribution in [3.8, 4) is 0 Å². The Bertz CT molecular complexity index is 273. The first-order chi connectivity index (χ1) is 7.24. The van der Waals surface area contributed by atoms with E-state index in [1.54, 1.807) is 0 Å². The van der Waals surface area contributed by atoms with Crippen LogP contribution in [-0.2, 0) is 13.6 Å². The summed E-state index contributed by atoms with van der Waals surface area (Å²) < 4.78 is 2.08. The molecule has 1 aromatic heterocycles. The van der Waals surface area contributed by atoms with E-state index in [0.717, 1.165) is 24.2 Å². The Morgan fingerprint density at radius 1 is 1.40 bits per heavy atom. The number of alkyl halides is 1. The molecule has 1 rings (SSSR count). The molecular formula is C11H20BrN3. The Hall–Kier alpha value is -0.350. The first-order valence-corrected chi connectivity index (χ1v) is 6.57. The molecule has 4 heteroatoms. The molecule has 0 aliphatic heterocycles. The number of unbranched alkanes of at least 4 members (excludes halogenated alkanes) is 2. The van der Waals surface area contributed by atoms with Gasteiger partial charge in [-0.1, -0.05) is 22.4 Å². The fourth-order valence-electron chi connectivity index (χ4n) is 1.52. The van der Waals surface area contributed by atoms with Gasteiger partial charge in [0.2, 0.25) is 0 Å². The minimum Gasteiger partial charge on any atom is -0.337 e. The number of hydrogen-bond donors (Lipinski definition) is 0. The first kappa shape index (κ1) is 12.7. The SMILES string of the molecule is CN(CCCCCBr)Cc1nccn1C. The molecule has 3 nitrogen and oxygen atoms in total. The van der Waals surface area contributed by atoms with E-state index >= 15 is 0 Å². The Kier molecular flexibility index (Phi) is 5.95. The fourth-order valence-corrected chi connectivity index (χ4v) is 1.92. The molecule has 0 spiro atoms. The summed E-state index contributed by atoms with van der Waals surface area (Å²) in [5.74, 6) is 1.14. The Labute approximate surface area is 101 Å². The van der Waals surface area contributed by atoms with Crippen molar-refractivity contribution >= 4 is 15.9 Å². The average molecular weight is 274 g/mol. The van der Waals surface area contributed by atoms with Crippen molar-refractivity contribution in [3.63, 3.8) is 0 Å². The molecule has 0 unspecified atom stereocenters. The van der Waals surface area contributed by atoms with Crippen LogP contribution in [-0.4, -0.2) is 33.4 Å². The highest BCUT2D eigenvalue weighted by molar-refractivity contribution is 9.09. The molecule has 0 amide bonds. The van der Waals surface area contributed by atoms with Crippen molar-refractivity contribution in [2.24, 2.45) is 7.05 Å². The molecule has 0 aliphatic carbocycles. The van der Waals surface area contributed by atoms with Crippen molar-refractivity contribution in [1.29, 1.82) is 0 Å². The van der Waals surface area contributed by atoms with Gasteiger partial charge in [-0.25, -0.2) is 4.98 Å². The number of aromatic nitrogens is 2. The molecule has 0 saturated heterocycles. The summed E-state index contributed by atoms with van der Waals surface area (Å²) in [7, 11) is 4.20. The third-order valence-electron chi connectivity index (χ3n) is 2.51. The molecule has 0 N–H and O–H groups in total. The second-order valence-electron chi connectivity index (χ2n) is 3.94. The van der Waals surface area contributed by atoms with Crippen molar-refractivity contribution in [2.45, 2.75) is 25.8 Å². The molecule has 1 aromatic rings. The number of nitrogens with zero attached hydrogens (tertiary/aromatic N) is 3. The fraction of sp³-hybridized carbons (Fsp3) is 0.727. The van der Waals surface area contributed by atoms with Crippen LogP contribution in [0.4, 0.5) is 0 Å². The van der Waals surface area contributed by atoms with Gasteiger partial charge in [0.05, 0.1) is 6.54 Å². The lowest BCUT2D eigenvalue weighted by atomic mass is 10.2. The summed E-state index contributed by atoms with van der Waals surface area (Å²) in [4.78, 5) is 6.64. The van der Waals surface area contributed by atoms with Crippen molar-refractivity contribution in [1.82, 2.24) is 14.5 Å². The summed E-state index contributed by atoms with van der Waals surface area (Å²) in [6.07, 6.45) is 7.70. The highest BCUT2D eigenvalue weighted by Gasteiger charge is 2.03. The number of imidazole rings is 1. The summed E-state index contributed by atoms with van der Waals surface area (Å²) in [6.45, 7) is 2.09. The minimum atomic E-state index is 0.942. The normalized spacial score (nSPS) is 11.2. The van der Waals surface area contributed by atoms with Gasteiger partial charge in [-0.05, 0) is 26.4 Å². The van der Waals surface area contributed by atoms with E-state index in [1.165, 1.54) is 19.3 Å². The van der Waals surface area contributed by atoms with E-state index in [-0.39, 0.29) is 0 Å². The minimum absolute atomic E-state index is 0.942. The van der Waals surface area contributed by atoms with Crippen LogP contribution in [0.3, 0.4) is 0 Å². The molecule has 1 heterocycles. The van der Waals surface area contributed by atoms with Gasteiger partial charge in [-0.2, -0.15) is 0 Å². The predicted molar refractivity (Wildman–Crippen MR) is 67.2 cm³/mol. The number of aryl methyl sites for hydroxylation is 1. The van der Waals surface area contributed by atoms with Crippen LogP contribution in [0.1, 0.15) is 25.1 Å². The van der Waals surface area contributed by atoms with E-state index in [4.69, 9.17) is 0 Å². The van der Waals surface area contributed by atoms with Gasteiger partial charge in [0.15, 0.2) is 0 Å². The lowest BCUT2D eigenvalue weighted by molar-refractivity contribution is 0.307. The maximum Gasteiger partial charge on any atom is 0.122 e. The highest BCUT2D eigenvalue weighted by Crippen LogP contribution is 2.03. The van der Waals surface area contributed by atoms with E-state index in [9.17, 15) is 0 Å². The van der Waals surface area contributed by atoms with E-state index in [1.807, 2.05) is 19.4 Å². The third-order valence-corrected chi connectivity index (χ3v) is 3.07. The Balaban J connectivity index is 2.18.